The predicted octanol–water partition coefficient (Wildman–Crippen LogP) is 2.29. The van der Waals surface area contributed by atoms with Crippen molar-refractivity contribution < 1.29 is 24.2 Å². The van der Waals surface area contributed by atoms with Gasteiger partial charge in [0.2, 0.25) is 0 Å². The molecule has 2 N–H and O–H groups in total. The van der Waals surface area contributed by atoms with Gasteiger partial charge in [0.05, 0.1) is 29.0 Å². The molecule has 0 radical (unpaired) electrons. The lowest BCUT2D eigenvalue weighted by Gasteiger charge is -2.31. The van der Waals surface area contributed by atoms with Crippen LogP contribution in [0.25, 0.3) is 22.3 Å². The van der Waals surface area contributed by atoms with Crippen molar-refractivity contribution in [3.8, 4) is 17.1 Å². The highest BCUT2D eigenvalue weighted by molar-refractivity contribution is 5.90. The summed E-state index contributed by atoms with van der Waals surface area (Å²) in [5.41, 5.74) is 2.24. The van der Waals surface area contributed by atoms with E-state index < -0.39 is 17.7 Å². The highest BCUT2D eigenvalue weighted by atomic mass is 16.6. The van der Waals surface area contributed by atoms with Crippen molar-refractivity contribution in [1.82, 2.24) is 19.8 Å². The molecule has 0 bridgehead atoms. The van der Waals surface area contributed by atoms with Gasteiger partial charge in [0, 0.05) is 36.7 Å². The van der Waals surface area contributed by atoms with Crippen molar-refractivity contribution >= 4 is 23.0 Å². The molecular weight excluding hydrogens is 476 g/mol. The van der Waals surface area contributed by atoms with Gasteiger partial charge in [-0.3, -0.25) is 4.79 Å². The van der Waals surface area contributed by atoms with E-state index >= 15 is 0 Å². The average molecular weight is 507 g/mol. The second kappa shape index (κ2) is 9.28. The molecule has 1 aromatic carbocycles. The third-order valence-corrected chi connectivity index (χ3v) is 7.34. The molecule has 2 aliphatic heterocycles. The average Bonchev–Trinajstić information content (AvgIpc) is 3.26. The Morgan fingerprint density at radius 2 is 2.05 bits per heavy atom. The predicted molar refractivity (Wildman–Crippen MR) is 136 cm³/mol. The highest BCUT2D eigenvalue weighted by Crippen LogP contribution is 2.40. The minimum atomic E-state index is -1.87. The molecule has 1 unspecified atom stereocenters. The summed E-state index contributed by atoms with van der Waals surface area (Å²) in [6.07, 6.45) is 0.307. The second-order valence-corrected chi connectivity index (χ2v) is 9.45. The summed E-state index contributed by atoms with van der Waals surface area (Å²) >= 11 is 0. The first-order valence-corrected chi connectivity index (χ1v) is 12.4. The standard InChI is InChI=1S/C27H30N4O6/c1-5-16-17-11-15(37-26(34)30(4)10-9-28-3)7-8-21(17)29-23-18(16)13-31-22(23)12-20-19(24(31)32)14-36-25(33)27(20,35)6-2/h7-8,11-12,28,35H,5-6,9-10,13-14H2,1-4H3. The summed E-state index contributed by atoms with van der Waals surface area (Å²) in [6.45, 7) is 5.02. The van der Waals surface area contributed by atoms with E-state index in [9.17, 15) is 19.5 Å². The van der Waals surface area contributed by atoms with Gasteiger partial charge in [-0.15, -0.1) is 0 Å². The molecule has 0 aliphatic carbocycles. The minimum Gasteiger partial charge on any atom is -0.458 e. The summed E-state index contributed by atoms with van der Waals surface area (Å²) in [6, 6.07) is 7.02. The number of aromatic nitrogens is 2. The molecular formula is C27H30N4O6. The number of fused-ring (bicyclic) bond motifs is 5. The molecule has 0 saturated heterocycles. The number of ether oxygens (including phenoxy) is 2. The molecule has 0 saturated carbocycles. The fourth-order valence-corrected chi connectivity index (χ4v) is 5.16. The van der Waals surface area contributed by atoms with E-state index in [4.69, 9.17) is 14.5 Å². The monoisotopic (exact) mass is 506 g/mol. The van der Waals surface area contributed by atoms with E-state index in [2.05, 4.69) is 5.32 Å². The van der Waals surface area contributed by atoms with Gasteiger partial charge in [-0.1, -0.05) is 13.8 Å². The Kier molecular flexibility index (Phi) is 6.25. The Morgan fingerprint density at radius 3 is 2.76 bits per heavy atom. The van der Waals surface area contributed by atoms with Gasteiger partial charge in [-0.2, -0.15) is 0 Å². The molecule has 3 aromatic rings. The van der Waals surface area contributed by atoms with Crippen LogP contribution in [0.2, 0.25) is 0 Å². The number of nitrogens with one attached hydrogen (secondary N) is 1. The van der Waals surface area contributed by atoms with Crippen molar-refractivity contribution in [3.63, 3.8) is 0 Å². The number of hydrogen-bond acceptors (Lipinski definition) is 8. The molecule has 4 heterocycles. The van der Waals surface area contributed by atoms with Crippen LogP contribution in [0.5, 0.6) is 5.75 Å². The Hall–Kier alpha value is -3.76. The van der Waals surface area contributed by atoms with Crippen LogP contribution in [0, 0.1) is 0 Å². The van der Waals surface area contributed by atoms with Crippen LogP contribution in [0.1, 0.15) is 42.5 Å². The zero-order valence-corrected chi connectivity index (χ0v) is 21.4. The molecule has 0 spiro atoms. The lowest BCUT2D eigenvalue weighted by atomic mass is 9.86. The third-order valence-electron chi connectivity index (χ3n) is 7.34. The number of hydrogen-bond donors (Lipinski definition) is 2. The van der Waals surface area contributed by atoms with Gasteiger partial charge in [-0.25, -0.2) is 14.6 Å². The molecule has 1 amide bonds. The van der Waals surface area contributed by atoms with Crippen molar-refractivity contribution in [3.05, 3.63) is 56.9 Å². The first-order chi connectivity index (χ1) is 17.7. The normalized spacial score (nSPS) is 17.7. The zero-order valence-electron chi connectivity index (χ0n) is 21.4. The molecule has 2 aromatic heterocycles. The van der Waals surface area contributed by atoms with Crippen molar-refractivity contribution in [1.29, 1.82) is 0 Å². The second-order valence-electron chi connectivity index (χ2n) is 9.45. The number of likely N-dealkylation sites (N-methyl/N-ethyl adjacent to an activating group) is 2. The summed E-state index contributed by atoms with van der Waals surface area (Å²) < 4.78 is 12.4. The molecule has 37 heavy (non-hydrogen) atoms. The van der Waals surface area contributed by atoms with Gasteiger partial charge >= 0.3 is 12.1 Å². The van der Waals surface area contributed by atoms with Gasteiger partial charge in [0.15, 0.2) is 5.60 Å². The molecule has 5 rings (SSSR count). The smallest absolute Gasteiger partial charge is 0.415 e. The van der Waals surface area contributed by atoms with Gasteiger partial charge in [0.1, 0.15) is 12.4 Å². The number of benzene rings is 1. The highest BCUT2D eigenvalue weighted by Gasteiger charge is 2.45. The number of esters is 1. The molecule has 1 atom stereocenters. The maximum absolute atomic E-state index is 13.5. The lowest BCUT2D eigenvalue weighted by molar-refractivity contribution is -0.172. The largest absolute Gasteiger partial charge is 0.458 e. The van der Waals surface area contributed by atoms with E-state index in [1.807, 2.05) is 20.0 Å². The number of carbonyl (C=O) groups excluding carboxylic acids is 2. The fraction of sp³-hybridized carbons (Fsp3) is 0.407. The molecule has 0 fully saturated rings. The van der Waals surface area contributed by atoms with Crippen LogP contribution in [-0.4, -0.2) is 58.8 Å². The first kappa shape index (κ1) is 24.9. The number of rotatable bonds is 6. The van der Waals surface area contributed by atoms with Crippen molar-refractivity contribution in [2.75, 3.05) is 27.2 Å². The molecule has 2 aliphatic rings. The number of aliphatic hydroxyl groups is 1. The van der Waals surface area contributed by atoms with Crippen molar-refractivity contribution in [2.45, 2.75) is 45.4 Å². The summed E-state index contributed by atoms with van der Waals surface area (Å²) in [5, 5.41) is 14.9. The van der Waals surface area contributed by atoms with Gasteiger partial charge < -0.3 is 29.4 Å². The zero-order chi connectivity index (χ0) is 26.5. The van der Waals surface area contributed by atoms with Gasteiger partial charge in [-0.05, 0) is 49.7 Å². The number of aryl methyl sites for hydroxylation is 1. The van der Waals surface area contributed by atoms with Crippen LogP contribution >= 0.6 is 0 Å². The maximum atomic E-state index is 13.5. The molecule has 10 heteroatoms. The number of pyridine rings is 2. The molecule has 194 valence electrons. The SMILES string of the molecule is CCc1c2c(nc3ccc(OC(=O)N(C)CCNC)cc13)-c1cc3c(c(=O)n1C2)COC(=O)C3(O)CC. The summed E-state index contributed by atoms with van der Waals surface area (Å²) in [5.74, 6) is -0.332. The number of amides is 1. The minimum absolute atomic E-state index is 0.0889. The van der Waals surface area contributed by atoms with Crippen LogP contribution in [-0.2, 0) is 34.7 Å². The van der Waals surface area contributed by atoms with Crippen molar-refractivity contribution in [2.24, 2.45) is 0 Å². The Balaban J connectivity index is 1.60. The Bertz CT molecular complexity index is 1500. The van der Waals surface area contributed by atoms with E-state index in [0.717, 1.165) is 16.5 Å². The Labute approximate surface area is 213 Å². The topological polar surface area (TPSA) is 123 Å². The van der Waals surface area contributed by atoms with E-state index in [1.54, 1.807) is 36.7 Å². The van der Waals surface area contributed by atoms with Gasteiger partial charge in [0.25, 0.3) is 5.56 Å². The third kappa shape index (κ3) is 3.87. The van der Waals surface area contributed by atoms with Crippen LogP contribution in [0.4, 0.5) is 4.79 Å². The number of cyclic esters (lactones) is 1. The number of carbonyl (C=O) groups is 2. The fourth-order valence-electron chi connectivity index (χ4n) is 5.16. The summed E-state index contributed by atoms with van der Waals surface area (Å²) in [7, 11) is 3.50. The quantitative estimate of drug-likeness (QED) is 0.382. The van der Waals surface area contributed by atoms with Crippen LogP contribution < -0.4 is 15.6 Å². The van der Waals surface area contributed by atoms with E-state index in [0.29, 0.717) is 59.8 Å². The van der Waals surface area contributed by atoms with Crippen LogP contribution in [0.3, 0.4) is 0 Å². The maximum Gasteiger partial charge on any atom is 0.415 e. The Morgan fingerprint density at radius 1 is 1.27 bits per heavy atom. The van der Waals surface area contributed by atoms with E-state index in [1.165, 1.54) is 4.90 Å². The van der Waals surface area contributed by atoms with Crippen LogP contribution in [0.15, 0.2) is 29.1 Å². The molecule has 10 nitrogen and oxygen atoms in total. The lowest BCUT2D eigenvalue weighted by Crippen LogP contribution is -2.44. The number of nitrogens with zero attached hydrogens (tertiary/aromatic N) is 3. The first-order valence-electron chi connectivity index (χ1n) is 12.4. The summed E-state index contributed by atoms with van der Waals surface area (Å²) in [4.78, 5) is 44.7. The van der Waals surface area contributed by atoms with E-state index in [-0.39, 0.29) is 18.6 Å².